The highest BCUT2D eigenvalue weighted by Crippen LogP contribution is 2.29. The molecule has 2 aromatic rings. The molecule has 1 saturated heterocycles. The second kappa shape index (κ2) is 7.11. The first kappa shape index (κ1) is 16.0. The molecular weight excluding hydrogens is 288 g/mol. The van der Waals surface area contributed by atoms with Crippen molar-refractivity contribution < 1.29 is 9.53 Å². The number of hydrogen-bond acceptors (Lipinski definition) is 4. The summed E-state index contributed by atoms with van der Waals surface area (Å²) in [7, 11) is 2.12. The topological polar surface area (TPSA) is 32.8 Å². The molecule has 0 radical (unpaired) electrons. The molecule has 0 unspecified atom stereocenters. The van der Waals surface area contributed by atoms with Crippen molar-refractivity contribution in [2.75, 3.05) is 46.4 Å². The van der Waals surface area contributed by atoms with E-state index in [1.807, 2.05) is 43.3 Å². The van der Waals surface area contributed by atoms with Crippen LogP contribution in [0.4, 0.5) is 0 Å². The first-order valence-electron chi connectivity index (χ1n) is 8.27. The lowest BCUT2D eigenvalue weighted by molar-refractivity contribution is 0.0874. The highest BCUT2D eigenvalue weighted by molar-refractivity contribution is 6.11. The summed E-state index contributed by atoms with van der Waals surface area (Å²) in [6.45, 7) is 6.88. The molecule has 1 fully saturated rings. The van der Waals surface area contributed by atoms with Crippen molar-refractivity contribution in [3.63, 3.8) is 0 Å². The first-order chi connectivity index (χ1) is 11.2. The highest BCUT2D eigenvalue weighted by atomic mass is 16.5. The van der Waals surface area contributed by atoms with Crippen LogP contribution in [0, 0.1) is 0 Å². The van der Waals surface area contributed by atoms with Crippen molar-refractivity contribution in [3.8, 4) is 5.75 Å². The minimum Gasteiger partial charge on any atom is -0.493 e. The molecule has 0 amide bonds. The third kappa shape index (κ3) is 3.54. The van der Waals surface area contributed by atoms with Crippen LogP contribution in [0.3, 0.4) is 0 Å². The Balaban J connectivity index is 1.90. The van der Waals surface area contributed by atoms with Crippen LogP contribution in [0.2, 0.25) is 0 Å². The number of nitrogens with zero attached hydrogens (tertiary/aromatic N) is 2. The van der Waals surface area contributed by atoms with Crippen LogP contribution in [0.15, 0.2) is 36.4 Å². The molecule has 2 aromatic carbocycles. The molecule has 1 aliphatic rings. The van der Waals surface area contributed by atoms with Crippen LogP contribution in [0.25, 0.3) is 10.8 Å². The van der Waals surface area contributed by atoms with Gasteiger partial charge in [-0.2, -0.15) is 0 Å². The first-order valence-corrected chi connectivity index (χ1v) is 8.27. The van der Waals surface area contributed by atoms with Crippen LogP contribution < -0.4 is 4.74 Å². The molecule has 0 saturated carbocycles. The Bertz CT molecular complexity index is 691. The number of Topliss-reactive ketones (excluding diaryl/α,β-unsaturated/α-hetero) is 1. The van der Waals surface area contributed by atoms with E-state index >= 15 is 0 Å². The SMILES string of the molecule is CCOc1ccc2ccccc2c1C(=O)CN1CCN(C)CC1. The predicted molar refractivity (Wildman–Crippen MR) is 93.4 cm³/mol. The molecule has 0 atom stereocenters. The van der Waals surface area contributed by atoms with Gasteiger partial charge in [-0.3, -0.25) is 9.69 Å². The minimum absolute atomic E-state index is 0.148. The van der Waals surface area contributed by atoms with E-state index in [4.69, 9.17) is 4.74 Å². The van der Waals surface area contributed by atoms with Gasteiger partial charge in [-0.25, -0.2) is 0 Å². The van der Waals surface area contributed by atoms with E-state index in [0.717, 1.165) is 42.5 Å². The Morgan fingerprint density at radius 2 is 1.83 bits per heavy atom. The number of carbonyl (C=O) groups is 1. The molecule has 4 heteroatoms. The number of hydrogen-bond donors (Lipinski definition) is 0. The summed E-state index contributed by atoms with van der Waals surface area (Å²) in [5.41, 5.74) is 0.726. The molecular formula is C19H24N2O2. The average Bonchev–Trinajstić information content (AvgIpc) is 2.57. The predicted octanol–water partition coefficient (Wildman–Crippen LogP) is 2.67. The second-order valence-electron chi connectivity index (χ2n) is 6.10. The highest BCUT2D eigenvalue weighted by Gasteiger charge is 2.21. The van der Waals surface area contributed by atoms with Crippen molar-refractivity contribution in [1.29, 1.82) is 0 Å². The standard InChI is InChI=1S/C19H24N2O2/c1-3-23-18-9-8-15-6-4-5-7-16(15)19(18)17(22)14-21-12-10-20(2)11-13-21/h4-9H,3,10-14H2,1-2H3. The van der Waals surface area contributed by atoms with E-state index in [-0.39, 0.29) is 5.78 Å². The second-order valence-corrected chi connectivity index (χ2v) is 6.10. The third-order valence-corrected chi connectivity index (χ3v) is 4.43. The number of fused-ring (bicyclic) bond motifs is 1. The van der Waals surface area contributed by atoms with Crippen LogP contribution in [0.1, 0.15) is 17.3 Å². The Labute approximate surface area is 137 Å². The molecule has 122 valence electrons. The van der Waals surface area contributed by atoms with Gasteiger partial charge in [0, 0.05) is 26.2 Å². The monoisotopic (exact) mass is 312 g/mol. The Kier molecular flexibility index (Phi) is 4.94. The normalized spacial score (nSPS) is 16.6. The maximum Gasteiger partial charge on any atom is 0.181 e. The van der Waals surface area contributed by atoms with Gasteiger partial charge in [0.15, 0.2) is 5.78 Å². The van der Waals surface area contributed by atoms with Crippen LogP contribution >= 0.6 is 0 Å². The van der Waals surface area contributed by atoms with Crippen molar-refractivity contribution in [2.45, 2.75) is 6.92 Å². The van der Waals surface area contributed by atoms with Gasteiger partial charge in [-0.15, -0.1) is 0 Å². The Morgan fingerprint density at radius 3 is 2.57 bits per heavy atom. The van der Waals surface area contributed by atoms with Gasteiger partial charge < -0.3 is 9.64 Å². The quantitative estimate of drug-likeness (QED) is 0.795. The summed E-state index contributed by atoms with van der Waals surface area (Å²) in [5.74, 6) is 0.847. The van der Waals surface area contributed by atoms with Crippen molar-refractivity contribution in [2.24, 2.45) is 0 Å². The van der Waals surface area contributed by atoms with E-state index in [1.54, 1.807) is 0 Å². The maximum atomic E-state index is 13.0. The summed E-state index contributed by atoms with van der Waals surface area (Å²) in [6.07, 6.45) is 0. The molecule has 0 N–H and O–H groups in total. The molecule has 0 bridgehead atoms. The van der Waals surface area contributed by atoms with E-state index in [2.05, 4.69) is 16.8 Å². The lowest BCUT2D eigenvalue weighted by Crippen LogP contribution is -2.46. The van der Waals surface area contributed by atoms with Crippen molar-refractivity contribution >= 4 is 16.6 Å². The number of likely N-dealkylation sites (N-methyl/N-ethyl adjacent to an activating group) is 1. The molecule has 4 nitrogen and oxygen atoms in total. The average molecular weight is 312 g/mol. The van der Waals surface area contributed by atoms with E-state index in [1.165, 1.54) is 0 Å². The number of ether oxygens (including phenoxy) is 1. The van der Waals surface area contributed by atoms with Gasteiger partial charge >= 0.3 is 0 Å². The van der Waals surface area contributed by atoms with E-state index in [0.29, 0.717) is 18.9 Å². The zero-order valence-electron chi connectivity index (χ0n) is 13.9. The third-order valence-electron chi connectivity index (χ3n) is 4.43. The Morgan fingerprint density at radius 1 is 1.09 bits per heavy atom. The van der Waals surface area contributed by atoms with Crippen LogP contribution in [-0.4, -0.2) is 62.0 Å². The smallest absolute Gasteiger partial charge is 0.181 e. The summed E-state index contributed by atoms with van der Waals surface area (Å²) >= 11 is 0. The van der Waals surface area contributed by atoms with Crippen LogP contribution in [0.5, 0.6) is 5.75 Å². The van der Waals surface area contributed by atoms with Gasteiger partial charge in [0.2, 0.25) is 0 Å². The fraction of sp³-hybridized carbons (Fsp3) is 0.421. The lowest BCUT2D eigenvalue weighted by atomic mass is 9.99. The Hall–Kier alpha value is -1.91. The van der Waals surface area contributed by atoms with Crippen molar-refractivity contribution in [3.05, 3.63) is 42.0 Å². The largest absolute Gasteiger partial charge is 0.493 e. The van der Waals surface area contributed by atoms with E-state index in [9.17, 15) is 4.79 Å². The minimum atomic E-state index is 0.148. The fourth-order valence-corrected chi connectivity index (χ4v) is 3.10. The number of ketones is 1. The molecule has 1 heterocycles. The molecule has 1 aliphatic heterocycles. The number of rotatable bonds is 5. The zero-order valence-corrected chi connectivity index (χ0v) is 13.9. The lowest BCUT2D eigenvalue weighted by Gasteiger charge is -2.32. The summed E-state index contributed by atoms with van der Waals surface area (Å²) in [4.78, 5) is 17.5. The van der Waals surface area contributed by atoms with Crippen molar-refractivity contribution in [1.82, 2.24) is 9.80 Å². The van der Waals surface area contributed by atoms with Gasteiger partial charge in [0.25, 0.3) is 0 Å². The zero-order chi connectivity index (χ0) is 16.2. The summed E-state index contributed by atoms with van der Waals surface area (Å²) < 4.78 is 5.72. The van der Waals surface area contributed by atoms with Gasteiger partial charge in [0.05, 0.1) is 18.7 Å². The van der Waals surface area contributed by atoms with Gasteiger partial charge in [0.1, 0.15) is 5.75 Å². The van der Waals surface area contributed by atoms with Gasteiger partial charge in [-0.05, 0) is 30.8 Å². The maximum absolute atomic E-state index is 13.0. The summed E-state index contributed by atoms with van der Waals surface area (Å²) in [6, 6.07) is 12.0. The van der Waals surface area contributed by atoms with Gasteiger partial charge in [-0.1, -0.05) is 30.3 Å². The number of piperazine rings is 1. The molecule has 0 aromatic heterocycles. The molecule has 0 spiro atoms. The molecule has 23 heavy (non-hydrogen) atoms. The number of benzene rings is 2. The van der Waals surface area contributed by atoms with E-state index < -0.39 is 0 Å². The van der Waals surface area contributed by atoms with Crippen LogP contribution in [-0.2, 0) is 0 Å². The molecule has 3 rings (SSSR count). The fourth-order valence-electron chi connectivity index (χ4n) is 3.10. The molecule has 0 aliphatic carbocycles. The number of carbonyl (C=O) groups excluding carboxylic acids is 1. The summed E-state index contributed by atoms with van der Waals surface area (Å²) in [5, 5.41) is 2.07.